The number of carboxylic acids is 1. The van der Waals surface area contributed by atoms with Crippen LogP contribution < -0.4 is 10.7 Å². The number of aryl methyl sites for hydroxylation is 1. The molecule has 0 fully saturated rings. The van der Waals surface area contributed by atoms with E-state index in [9.17, 15) is 19.1 Å². The lowest BCUT2D eigenvalue weighted by molar-refractivity contribution is -0.254. The maximum Gasteiger partial charge on any atom is 0.260 e. The highest BCUT2D eigenvalue weighted by Gasteiger charge is 2.15. The standard InChI is InChI=1S/C16H10ClFN2O3S/c1-7-11-14(21)19-13(20-15(11)24-12(7)16(22)23)10(17)6-8-3-2-4-9(18)5-8/h2-6H,1H3,(H,22,23)(H,19,20,21)/p-1/b10-6-. The third kappa shape index (κ3) is 2.95. The molecule has 0 unspecified atom stereocenters. The van der Waals surface area contributed by atoms with Gasteiger partial charge in [0.25, 0.3) is 5.56 Å². The molecule has 0 spiro atoms. The van der Waals surface area contributed by atoms with Crippen molar-refractivity contribution in [2.75, 3.05) is 0 Å². The van der Waals surface area contributed by atoms with E-state index in [0.29, 0.717) is 11.1 Å². The zero-order valence-corrected chi connectivity index (χ0v) is 13.8. The summed E-state index contributed by atoms with van der Waals surface area (Å²) in [6, 6.07) is 5.75. The Balaban J connectivity index is 2.14. The van der Waals surface area contributed by atoms with Crippen LogP contribution in [0.15, 0.2) is 29.1 Å². The lowest BCUT2D eigenvalue weighted by atomic mass is 10.2. The molecule has 3 rings (SSSR count). The largest absolute Gasteiger partial charge is 0.544 e. The van der Waals surface area contributed by atoms with E-state index < -0.39 is 17.3 Å². The number of nitrogens with zero attached hydrogens (tertiary/aromatic N) is 1. The molecule has 0 radical (unpaired) electrons. The van der Waals surface area contributed by atoms with E-state index in [0.717, 1.165) is 11.3 Å². The minimum absolute atomic E-state index is 0.0506. The van der Waals surface area contributed by atoms with E-state index in [4.69, 9.17) is 11.6 Å². The Morgan fingerprint density at radius 1 is 1.46 bits per heavy atom. The van der Waals surface area contributed by atoms with Gasteiger partial charge in [0.1, 0.15) is 10.6 Å². The van der Waals surface area contributed by atoms with Gasteiger partial charge in [0.2, 0.25) is 0 Å². The van der Waals surface area contributed by atoms with Crippen molar-refractivity contribution in [3.05, 3.63) is 62.3 Å². The Bertz CT molecular complexity index is 1060. The summed E-state index contributed by atoms with van der Waals surface area (Å²) < 4.78 is 13.2. The third-order valence-electron chi connectivity index (χ3n) is 3.35. The summed E-state index contributed by atoms with van der Waals surface area (Å²) in [6.07, 6.45) is 1.45. The SMILES string of the molecule is Cc1c(C(=O)[O-])sc2nc(/C(Cl)=C/c3cccc(F)c3)[nH]c(=O)c12. The summed E-state index contributed by atoms with van der Waals surface area (Å²) in [5.74, 6) is -1.71. The van der Waals surface area contributed by atoms with Crippen LogP contribution in [0.4, 0.5) is 4.39 Å². The molecule has 2 heterocycles. The lowest BCUT2D eigenvalue weighted by Crippen LogP contribution is -2.21. The minimum Gasteiger partial charge on any atom is -0.544 e. The monoisotopic (exact) mass is 363 g/mol. The van der Waals surface area contributed by atoms with Crippen molar-refractivity contribution >= 4 is 50.2 Å². The average molecular weight is 364 g/mol. The molecule has 0 amide bonds. The fourth-order valence-electron chi connectivity index (χ4n) is 2.26. The summed E-state index contributed by atoms with van der Waals surface area (Å²) in [7, 11) is 0. The molecule has 122 valence electrons. The van der Waals surface area contributed by atoms with Gasteiger partial charge < -0.3 is 14.9 Å². The maximum absolute atomic E-state index is 13.2. The van der Waals surface area contributed by atoms with Gasteiger partial charge in [-0.25, -0.2) is 9.37 Å². The Kier molecular flexibility index (Phi) is 4.21. The first-order valence-electron chi connectivity index (χ1n) is 6.74. The van der Waals surface area contributed by atoms with Crippen molar-refractivity contribution in [1.82, 2.24) is 9.97 Å². The van der Waals surface area contributed by atoms with Crippen LogP contribution in [0.3, 0.4) is 0 Å². The number of rotatable bonds is 3. The molecule has 0 aliphatic rings. The fraction of sp³-hybridized carbons (Fsp3) is 0.0625. The predicted octanol–water partition coefficient (Wildman–Crippen LogP) is 2.53. The number of benzene rings is 1. The molecule has 2 aromatic heterocycles. The van der Waals surface area contributed by atoms with Crippen molar-refractivity contribution in [3.63, 3.8) is 0 Å². The highest BCUT2D eigenvalue weighted by Crippen LogP contribution is 2.28. The van der Waals surface area contributed by atoms with Crippen molar-refractivity contribution in [2.24, 2.45) is 0 Å². The Morgan fingerprint density at radius 2 is 2.21 bits per heavy atom. The molecular weight excluding hydrogens is 355 g/mol. The molecule has 0 saturated heterocycles. The Labute approximate surface area is 144 Å². The number of aromatic nitrogens is 2. The Hall–Kier alpha value is -2.51. The smallest absolute Gasteiger partial charge is 0.260 e. The van der Waals surface area contributed by atoms with Gasteiger partial charge in [0.05, 0.1) is 21.3 Å². The van der Waals surface area contributed by atoms with Gasteiger partial charge in [-0.3, -0.25) is 4.79 Å². The number of carboxylic acid groups (broad SMARTS) is 1. The van der Waals surface area contributed by atoms with Crippen LogP contribution in [-0.2, 0) is 0 Å². The van der Waals surface area contributed by atoms with E-state index in [-0.39, 0.29) is 26.0 Å². The first-order valence-corrected chi connectivity index (χ1v) is 7.94. The molecule has 0 aliphatic carbocycles. The van der Waals surface area contributed by atoms with Crippen molar-refractivity contribution in [3.8, 4) is 0 Å². The van der Waals surface area contributed by atoms with E-state index in [1.54, 1.807) is 6.07 Å². The van der Waals surface area contributed by atoms with Crippen LogP contribution in [0.1, 0.15) is 26.6 Å². The van der Waals surface area contributed by atoms with E-state index in [2.05, 4.69) is 9.97 Å². The highest BCUT2D eigenvalue weighted by atomic mass is 35.5. The van der Waals surface area contributed by atoms with E-state index >= 15 is 0 Å². The lowest BCUT2D eigenvalue weighted by Gasteiger charge is -2.00. The molecule has 0 aliphatic heterocycles. The molecule has 1 N–H and O–H groups in total. The highest BCUT2D eigenvalue weighted by molar-refractivity contribution is 7.20. The molecule has 0 bridgehead atoms. The number of halogens is 2. The molecule has 1 aromatic carbocycles. The topological polar surface area (TPSA) is 85.9 Å². The number of hydrogen-bond donors (Lipinski definition) is 1. The number of H-pyrrole nitrogens is 1. The molecule has 3 aromatic rings. The van der Waals surface area contributed by atoms with Crippen molar-refractivity contribution < 1.29 is 14.3 Å². The van der Waals surface area contributed by atoms with Crippen LogP contribution in [0.5, 0.6) is 0 Å². The molecular formula is C16H9ClFN2O3S-. The van der Waals surface area contributed by atoms with E-state index in [1.165, 1.54) is 31.2 Å². The molecule has 5 nitrogen and oxygen atoms in total. The van der Waals surface area contributed by atoms with Crippen LogP contribution in [0.2, 0.25) is 0 Å². The molecule has 0 saturated carbocycles. The van der Waals surface area contributed by atoms with Crippen LogP contribution in [0, 0.1) is 12.7 Å². The zero-order chi connectivity index (χ0) is 17.4. The van der Waals surface area contributed by atoms with Crippen molar-refractivity contribution in [2.45, 2.75) is 6.92 Å². The number of carbonyl (C=O) groups excluding carboxylic acids is 1. The number of aromatic amines is 1. The van der Waals surface area contributed by atoms with Gasteiger partial charge in [-0.2, -0.15) is 0 Å². The number of hydrogen-bond acceptors (Lipinski definition) is 5. The summed E-state index contributed by atoms with van der Waals surface area (Å²) in [5, 5.41) is 11.4. The number of carbonyl (C=O) groups is 1. The van der Waals surface area contributed by atoms with Crippen LogP contribution in [0.25, 0.3) is 21.3 Å². The van der Waals surface area contributed by atoms with Gasteiger partial charge >= 0.3 is 0 Å². The number of thiophene rings is 1. The second kappa shape index (κ2) is 6.18. The number of fused-ring (bicyclic) bond motifs is 1. The van der Waals surface area contributed by atoms with E-state index in [1.807, 2.05) is 0 Å². The Morgan fingerprint density at radius 3 is 2.88 bits per heavy atom. The summed E-state index contributed by atoms with van der Waals surface area (Å²) in [5.41, 5.74) is 0.308. The summed E-state index contributed by atoms with van der Waals surface area (Å²) in [6.45, 7) is 1.52. The van der Waals surface area contributed by atoms with Crippen LogP contribution in [-0.4, -0.2) is 15.9 Å². The third-order valence-corrected chi connectivity index (χ3v) is 4.81. The van der Waals surface area contributed by atoms with Crippen LogP contribution >= 0.6 is 22.9 Å². The second-order valence-corrected chi connectivity index (χ2v) is 6.39. The van der Waals surface area contributed by atoms with Gasteiger partial charge in [-0.15, -0.1) is 11.3 Å². The van der Waals surface area contributed by atoms with Gasteiger partial charge in [-0.05, 0) is 36.3 Å². The fourth-order valence-corrected chi connectivity index (χ4v) is 3.49. The minimum atomic E-state index is -1.36. The summed E-state index contributed by atoms with van der Waals surface area (Å²) >= 11 is 7.00. The normalized spacial score (nSPS) is 11.9. The zero-order valence-electron chi connectivity index (χ0n) is 12.2. The molecule has 8 heteroatoms. The van der Waals surface area contributed by atoms with Gasteiger partial charge in [-0.1, -0.05) is 23.7 Å². The second-order valence-electron chi connectivity index (χ2n) is 4.99. The average Bonchev–Trinajstić information content (AvgIpc) is 2.85. The van der Waals surface area contributed by atoms with Gasteiger partial charge in [0, 0.05) is 0 Å². The summed E-state index contributed by atoms with van der Waals surface area (Å²) in [4.78, 5) is 30.2. The first kappa shape index (κ1) is 16.4. The first-order chi connectivity index (χ1) is 11.4. The number of aromatic carboxylic acids is 1. The quantitative estimate of drug-likeness (QED) is 0.774. The molecule has 24 heavy (non-hydrogen) atoms. The predicted molar refractivity (Wildman–Crippen MR) is 89.4 cm³/mol. The number of nitrogens with one attached hydrogen (secondary N) is 1. The molecule has 0 atom stereocenters. The van der Waals surface area contributed by atoms with Gasteiger partial charge in [0.15, 0.2) is 5.82 Å². The maximum atomic E-state index is 13.2. The van der Waals surface area contributed by atoms with Crippen molar-refractivity contribution in [1.29, 1.82) is 0 Å².